The van der Waals surface area contributed by atoms with E-state index in [0.717, 1.165) is 36.3 Å². The van der Waals surface area contributed by atoms with Gasteiger partial charge in [0, 0.05) is 7.05 Å². The predicted molar refractivity (Wildman–Crippen MR) is 105 cm³/mol. The van der Waals surface area contributed by atoms with E-state index in [1.807, 2.05) is 54.6 Å². The van der Waals surface area contributed by atoms with Crippen LogP contribution in [0.15, 0.2) is 54.6 Å². The van der Waals surface area contributed by atoms with Crippen molar-refractivity contribution in [3.05, 3.63) is 60.2 Å². The number of hydrogen-bond acceptors (Lipinski definition) is 3. The Bertz CT molecular complexity index is 753. The smallest absolute Gasteiger partial charge is 0.321 e. The number of rotatable bonds is 6. The van der Waals surface area contributed by atoms with Crippen molar-refractivity contribution in [2.45, 2.75) is 38.0 Å². The Morgan fingerprint density at radius 1 is 1.00 bits per heavy atom. The Hall–Kier alpha value is -2.82. The first-order valence-corrected chi connectivity index (χ1v) is 9.51. The van der Waals surface area contributed by atoms with Crippen LogP contribution in [0.2, 0.25) is 0 Å². The molecule has 0 spiro atoms. The van der Waals surface area contributed by atoms with Gasteiger partial charge in [0.2, 0.25) is 5.91 Å². The number of amides is 3. The summed E-state index contributed by atoms with van der Waals surface area (Å²) in [6, 6.07) is 16.7. The maximum absolute atomic E-state index is 12.7. The summed E-state index contributed by atoms with van der Waals surface area (Å²) in [7, 11) is 1.50. The van der Waals surface area contributed by atoms with Crippen molar-refractivity contribution in [3.8, 4) is 11.5 Å². The molecule has 1 saturated carbocycles. The molecule has 142 valence electrons. The first-order valence-electron chi connectivity index (χ1n) is 9.51. The van der Waals surface area contributed by atoms with E-state index in [1.165, 1.54) is 19.9 Å². The topological polar surface area (TPSA) is 67.4 Å². The molecule has 0 aromatic heterocycles. The summed E-state index contributed by atoms with van der Waals surface area (Å²) in [5.74, 6) is 1.43. The molecule has 0 heterocycles. The molecule has 0 aliphatic heterocycles. The van der Waals surface area contributed by atoms with E-state index in [1.54, 1.807) is 0 Å². The number of para-hydroxylation sites is 1. The van der Waals surface area contributed by atoms with Gasteiger partial charge in [-0.1, -0.05) is 56.0 Å². The van der Waals surface area contributed by atoms with Crippen molar-refractivity contribution in [1.82, 2.24) is 10.6 Å². The second-order valence-corrected chi connectivity index (χ2v) is 6.99. The third-order valence-electron chi connectivity index (χ3n) is 5.09. The summed E-state index contributed by atoms with van der Waals surface area (Å²) in [6.07, 6.45) is 5.51. The van der Waals surface area contributed by atoms with Crippen LogP contribution in [0.3, 0.4) is 0 Å². The molecule has 0 bridgehead atoms. The van der Waals surface area contributed by atoms with Gasteiger partial charge in [-0.3, -0.25) is 10.1 Å². The molecule has 27 heavy (non-hydrogen) atoms. The zero-order valence-corrected chi connectivity index (χ0v) is 15.6. The van der Waals surface area contributed by atoms with Gasteiger partial charge in [-0.25, -0.2) is 4.79 Å². The largest absolute Gasteiger partial charge is 0.457 e. The molecule has 5 nitrogen and oxygen atoms in total. The molecule has 2 N–H and O–H groups in total. The first kappa shape index (κ1) is 19.0. The highest BCUT2D eigenvalue weighted by Crippen LogP contribution is 2.35. The molecule has 5 heteroatoms. The number of ether oxygens (including phenoxy) is 1. The second kappa shape index (κ2) is 9.21. The van der Waals surface area contributed by atoms with Gasteiger partial charge in [-0.05, 0) is 42.2 Å². The Morgan fingerprint density at radius 3 is 2.26 bits per heavy atom. The first-order chi connectivity index (χ1) is 13.2. The highest BCUT2D eigenvalue weighted by atomic mass is 16.5. The Labute approximate surface area is 160 Å². The molecule has 3 rings (SSSR count). The van der Waals surface area contributed by atoms with Gasteiger partial charge in [-0.2, -0.15) is 0 Å². The lowest BCUT2D eigenvalue weighted by molar-refractivity contribution is -0.121. The summed E-state index contributed by atoms with van der Waals surface area (Å²) in [4.78, 5) is 24.3. The summed E-state index contributed by atoms with van der Waals surface area (Å²) in [6.45, 7) is 0. The van der Waals surface area contributed by atoms with Crippen molar-refractivity contribution in [2.24, 2.45) is 5.92 Å². The fourth-order valence-electron chi connectivity index (χ4n) is 3.63. The van der Waals surface area contributed by atoms with E-state index in [2.05, 4.69) is 10.6 Å². The predicted octanol–water partition coefficient (Wildman–Crippen LogP) is 4.60. The molecule has 1 atom stereocenters. The zero-order chi connectivity index (χ0) is 19.1. The molecular formula is C22H26N2O3. The summed E-state index contributed by atoms with van der Waals surface area (Å²) < 4.78 is 5.82. The normalized spacial score (nSPS) is 15.1. The number of benzene rings is 2. The van der Waals surface area contributed by atoms with Crippen LogP contribution in [0, 0.1) is 5.92 Å². The number of carbonyl (C=O) groups is 2. The van der Waals surface area contributed by atoms with E-state index < -0.39 is 6.03 Å². The standard InChI is InChI=1S/C22H26N2O3/c1-23-22(26)24-21(25)20(15-16-7-5-6-8-16)17-11-13-19(14-12-17)27-18-9-3-2-4-10-18/h2-4,9-14,16,20H,5-8,15H2,1H3,(H2,23,24,25,26). The minimum absolute atomic E-state index is 0.252. The Kier molecular flexibility index (Phi) is 6.47. The van der Waals surface area contributed by atoms with E-state index in [9.17, 15) is 9.59 Å². The third kappa shape index (κ3) is 5.33. The van der Waals surface area contributed by atoms with Crippen molar-refractivity contribution in [3.63, 3.8) is 0 Å². The van der Waals surface area contributed by atoms with Crippen LogP contribution in [0.25, 0.3) is 0 Å². The number of imide groups is 1. The Morgan fingerprint density at radius 2 is 1.63 bits per heavy atom. The van der Waals surface area contributed by atoms with Gasteiger partial charge in [0.25, 0.3) is 0 Å². The van der Waals surface area contributed by atoms with Gasteiger partial charge in [0.1, 0.15) is 11.5 Å². The average molecular weight is 366 g/mol. The molecule has 1 unspecified atom stereocenters. The van der Waals surface area contributed by atoms with Gasteiger partial charge >= 0.3 is 6.03 Å². The summed E-state index contributed by atoms with van der Waals surface area (Å²) in [5, 5.41) is 4.88. The molecular weight excluding hydrogens is 340 g/mol. The second-order valence-electron chi connectivity index (χ2n) is 6.99. The lowest BCUT2D eigenvalue weighted by Gasteiger charge is -2.20. The number of urea groups is 1. The quantitative estimate of drug-likeness (QED) is 0.785. The fraction of sp³-hybridized carbons (Fsp3) is 0.364. The van der Waals surface area contributed by atoms with Crippen LogP contribution in [-0.4, -0.2) is 19.0 Å². The van der Waals surface area contributed by atoms with Gasteiger partial charge in [-0.15, -0.1) is 0 Å². The summed E-state index contributed by atoms with van der Waals surface area (Å²) in [5.41, 5.74) is 0.906. The third-order valence-corrected chi connectivity index (χ3v) is 5.09. The van der Waals surface area contributed by atoms with E-state index in [4.69, 9.17) is 4.74 Å². The molecule has 1 aliphatic carbocycles. The van der Waals surface area contributed by atoms with Crippen LogP contribution >= 0.6 is 0 Å². The van der Waals surface area contributed by atoms with Gasteiger partial charge in [0.05, 0.1) is 5.92 Å². The van der Waals surface area contributed by atoms with Crippen molar-refractivity contribution < 1.29 is 14.3 Å². The zero-order valence-electron chi connectivity index (χ0n) is 15.6. The molecule has 2 aromatic rings. The fourth-order valence-corrected chi connectivity index (χ4v) is 3.63. The number of carbonyl (C=O) groups excluding carboxylic acids is 2. The summed E-state index contributed by atoms with van der Waals surface area (Å²) >= 11 is 0. The van der Waals surface area contributed by atoms with Crippen LogP contribution in [0.1, 0.15) is 43.6 Å². The number of hydrogen-bond donors (Lipinski definition) is 2. The molecule has 0 saturated heterocycles. The van der Waals surface area contributed by atoms with Crippen molar-refractivity contribution in [1.29, 1.82) is 0 Å². The van der Waals surface area contributed by atoms with Crippen LogP contribution in [-0.2, 0) is 4.79 Å². The molecule has 3 amide bonds. The van der Waals surface area contributed by atoms with Crippen LogP contribution in [0.4, 0.5) is 4.79 Å². The maximum atomic E-state index is 12.7. The maximum Gasteiger partial charge on any atom is 0.321 e. The molecule has 1 fully saturated rings. The van der Waals surface area contributed by atoms with E-state index >= 15 is 0 Å². The van der Waals surface area contributed by atoms with E-state index in [0.29, 0.717) is 5.92 Å². The van der Waals surface area contributed by atoms with Gasteiger partial charge in [0.15, 0.2) is 0 Å². The highest BCUT2D eigenvalue weighted by Gasteiger charge is 2.27. The van der Waals surface area contributed by atoms with Crippen molar-refractivity contribution in [2.75, 3.05) is 7.05 Å². The van der Waals surface area contributed by atoms with Crippen LogP contribution in [0.5, 0.6) is 11.5 Å². The molecule has 1 aliphatic rings. The SMILES string of the molecule is CNC(=O)NC(=O)C(CC1CCCC1)c1ccc(Oc2ccccc2)cc1. The molecule has 2 aromatic carbocycles. The van der Waals surface area contributed by atoms with Crippen LogP contribution < -0.4 is 15.4 Å². The van der Waals surface area contributed by atoms with Crippen molar-refractivity contribution >= 4 is 11.9 Å². The lowest BCUT2D eigenvalue weighted by Crippen LogP contribution is -2.40. The number of nitrogens with one attached hydrogen (secondary N) is 2. The Balaban J connectivity index is 1.74. The minimum Gasteiger partial charge on any atom is -0.457 e. The van der Waals surface area contributed by atoms with Gasteiger partial charge < -0.3 is 10.1 Å². The highest BCUT2D eigenvalue weighted by molar-refractivity contribution is 5.97. The average Bonchev–Trinajstić information content (AvgIpc) is 3.21. The monoisotopic (exact) mass is 366 g/mol. The van der Waals surface area contributed by atoms with E-state index in [-0.39, 0.29) is 11.8 Å². The molecule has 0 radical (unpaired) electrons. The lowest BCUT2D eigenvalue weighted by atomic mass is 9.87. The minimum atomic E-state index is -0.472.